The van der Waals surface area contributed by atoms with E-state index < -0.39 is 6.04 Å². The lowest BCUT2D eigenvalue weighted by molar-refractivity contribution is -0.145. The molecule has 0 amide bonds. The maximum atomic E-state index is 12.6. The van der Waals surface area contributed by atoms with Crippen LogP contribution in [0, 0.1) is 6.92 Å². The van der Waals surface area contributed by atoms with Crippen LogP contribution < -0.4 is 5.69 Å². The molecule has 0 N–H and O–H groups in total. The number of aromatic nitrogens is 3. The molecule has 6 heteroatoms. The van der Waals surface area contributed by atoms with Crippen molar-refractivity contribution in [3.63, 3.8) is 0 Å². The summed E-state index contributed by atoms with van der Waals surface area (Å²) in [5.74, 6) is 0.312. The molecule has 0 radical (unpaired) electrons. The van der Waals surface area contributed by atoms with Crippen molar-refractivity contribution in [2.24, 2.45) is 0 Å². The predicted octanol–water partition coefficient (Wildman–Crippen LogP) is 1.65. The van der Waals surface area contributed by atoms with Crippen molar-refractivity contribution in [3.05, 3.63) is 51.7 Å². The Labute approximate surface area is 134 Å². The molecule has 1 aromatic carbocycles. The summed E-state index contributed by atoms with van der Waals surface area (Å²) in [4.78, 5) is 24.5. The van der Waals surface area contributed by atoms with Crippen molar-refractivity contribution in [1.29, 1.82) is 0 Å². The first-order chi connectivity index (χ1) is 11.1. The summed E-state index contributed by atoms with van der Waals surface area (Å²) in [7, 11) is 1.35. The van der Waals surface area contributed by atoms with Crippen molar-refractivity contribution >= 4 is 5.97 Å². The van der Waals surface area contributed by atoms with E-state index >= 15 is 0 Å². The number of rotatable bonds is 4. The molecule has 2 heterocycles. The van der Waals surface area contributed by atoms with Gasteiger partial charge in [-0.05, 0) is 31.7 Å². The normalized spacial score (nSPS) is 16.9. The van der Waals surface area contributed by atoms with E-state index in [0.29, 0.717) is 18.8 Å². The van der Waals surface area contributed by atoms with Crippen LogP contribution in [-0.4, -0.2) is 27.4 Å². The van der Waals surface area contributed by atoms with Gasteiger partial charge in [0.2, 0.25) is 0 Å². The van der Waals surface area contributed by atoms with Crippen LogP contribution in [0.4, 0.5) is 0 Å². The molecule has 1 atom stereocenters. The van der Waals surface area contributed by atoms with Crippen molar-refractivity contribution in [3.8, 4) is 0 Å². The summed E-state index contributed by atoms with van der Waals surface area (Å²) in [6, 6.07) is 7.71. The number of methoxy groups -OCH3 is 1. The first-order valence-electron chi connectivity index (χ1n) is 7.91. The number of esters is 1. The number of ether oxygens (including phenoxy) is 1. The van der Waals surface area contributed by atoms with E-state index in [-0.39, 0.29) is 11.7 Å². The molecular formula is C17H21N3O3. The number of hydrogen-bond acceptors (Lipinski definition) is 4. The average molecular weight is 315 g/mol. The fourth-order valence-corrected chi connectivity index (χ4v) is 3.03. The Bertz CT molecular complexity index is 758. The fourth-order valence-electron chi connectivity index (χ4n) is 3.03. The molecule has 1 aliphatic heterocycles. The molecule has 0 saturated heterocycles. The van der Waals surface area contributed by atoms with Gasteiger partial charge < -0.3 is 4.74 Å². The van der Waals surface area contributed by atoms with Gasteiger partial charge >= 0.3 is 11.7 Å². The quantitative estimate of drug-likeness (QED) is 0.805. The highest BCUT2D eigenvalue weighted by molar-refractivity contribution is 5.74. The van der Waals surface area contributed by atoms with Gasteiger partial charge in [-0.25, -0.2) is 14.3 Å². The maximum absolute atomic E-state index is 12.6. The third-order valence-electron chi connectivity index (χ3n) is 4.34. The summed E-state index contributed by atoms with van der Waals surface area (Å²) in [5, 5.41) is 4.41. The molecule has 3 rings (SSSR count). The van der Waals surface area contributed by atoms with Gasteiger partial charge in [-0.1, -0.05) is 29.8 Å². The Morgan fingerprint density at radius 3 is 2.78 bits per heavy atom. The van der Waals surface area contributed by atoms with Gasteiger partial charge in [-0.3, -0.25) is 4.57 Å². The second-order valence-electron chi connectivity index (χ2n) is 5.96. The standard InChI is InChI=1S/C17H21N3O3/c1-12-6-8-13(9-7-12)10-11-19-17(22)20-14(16(21)23-2)4-3-5-15(20)18-19/h6-9,14H,3-5,10-11H2,1-2H3/t14-/m0/s1. The summed E-state index contributed by atoms with van der Waals surface area (Å²) >= 11 is 0. The van der Waals surface area contributed by atoms with E-state index in [2.05, 4.69) is 29.4 Å². The van der Waals surface area contributed by atoms with E-state index in [1.165, 1.54) is 21.9 Å². The number of carbonyl (C=O) groups is 1. The molecule has 1 aliphatic rings. The van der Waals surface area contributed by atoms with Gasteiger partial charge in [0.05, 0.1) is 13.7 Å². The lowest BCUT2D eigenvalue weighted by atomic mass is 10.1. The monoisotopic (exact) mass is 315 g/mol. The molecule has 0 bridgehead atoms. The molecule has 0 fully saturated rings. The van der Waals surface area contributed by atoms with E-state index in [4.69, 9.17) is 4.74 Å². The minimum Gasteiger partial charge on any atom is -0.467 e. The Balaban J connectivity index is 1.82. The molecule has 0 spiro atoms. The minimum atomic E-state index is -0.538. The average Bonchev–Trinajstić information content (AvgIpc) is 2.90. The second-order valence-corrected chi connectivity index (χ2v) is 5.96. The third-order valence-corrected chi connectivity index (χ3v) is 4.34. The SMILES string of the molecule is COC(=O)[C@@H]1CCCc2nn(CCc3ccc(C)cc3)c(=O)n21. The van der Waals surface area contributed by atoms with Gasteiger partial charge in [0.25, 0.3) is 0 Å². The summed E-state index contributed by atoms with van der Waals surface area (Å²) < 4.78 is 7.79. The summed E-state index contributed by atoms with van der Waals surface area (Å²) in [6.07, 6.45) is 2.93. The molecular weight excluding hydrogens is 294 g/mol. The van der Waals surface area contributed by atoms with Crippen LogP contribution in [0.1, 0.15) is 35.8 Å². The molecule has 0 saturated carbocycles. The highest BCUT2D eigenvalue weighted by atomic mass is 16.5. The fraction of sp³-hybridized carbons (Fsp3) is 0.471. The molecule has 0 unspecified atom stereocenters. The lowest BCUT2D eigenvalue weighted by Gasteiger charge is -2.20. The Hall–Kier alpha value is -2.37. The summed E-state index contributed by atoms with van der Waals surface area (Å²) in [5.41, 5.74) is 2.16. The van der Waals surface area contributed by atoms with Crippen LogP contribution in [0.3, 0.4) is 0 Å². The molecule has 1 aromatic heterocycles. The predicted molar refractivity (Wildman–Crippen MR) is 85.4 cm³/mol. The first-order valence-corrected chi connectivity index (χ1v) is 7.91. The van der Waals surface area contributed by atoms with E-state index in [9.17, 15) is 9.59 Å². The lowest BCUT2D eigenvalue weighted by Crippen LogP contribution is -2.35. The molecule has 23 heavy (non-hydrogen) atoms. The zero-order valence-corrected chi connectivity index (χ0v) is 13.5. The topological polar surface area (TPSA) is 66.1 Å². The Morgan fingerprint density at radius 2 is 2.09 bits per heavy atom. The molecule has 122 valence electrons. The minimum absolute atomic E-state index is 0.220. The number of fused-ring (bicyclic) bond motifs is 1. The van der Waals surface area contributed by atoms with Gasteiger partial charge in [-0.2, -0.15) is 5.10 Å². The van der Waals surface area contributed by atoms with Crippen LogP contribution >= 0.6 is 0 Å². The smallest absolute Gasteiger partial charge is 0.346 e. The summed E-state index contributed by atoms with van der Waals surface area (Å²) in [6.45, 7) is 2.56. The third kappa shape index (κ3) is 3.06. The zero-order valence-electron chi connectivity index (χ0n) is 13.5. The van der Waals surface area contributed by atoms with Crippen LogP contribution in [0.15, 0.2) is 29.1 Å². The van der Waals surface area contributed by atoms with Crippen LogP contribution in [-0.2, 0) is 28.9 Å². The zero-order chi connectivity index (χ0) is 16.4. The van der Waals surface area contributed by atoms with Crippen molar-refractivity contribution in [2.45, 2.75) is 45.2 Å². The number of carbonyl (C=O) groups excluding carboxylic acids is 1. The van der Waals surface area contributed by atoms with Crippen molar-refractivity contribution < 1.29 is 9.53 Å². The van der Waals surface area contributed by atoms with Gasteiger partial charge in [0.15, 0.2) is 0 Å². The Kier molecular flexibility index (Phi) is 4.32. The van der Waals surface area contributed by atoms with E-state index in [1.807, 2.05) is 6.92 Å². The molecule has 0 aliphatic carbocycles. The van der Waals surface area contributed by atoms with Crippen molar-refractivity contribution in [2.75, 3.05) is 7.11 Å². The molecule has 6 nitrogen and oxygen atoms in total. The van der Waals surface area contributed by atoms with Crippen LogP contribution in [0.25, 0.3) is 0 Å². The number of nitrogens with zero attached hydrogens (tertiary/aromatic N) is 3. The Morgan fingerprint density at radius 1 is 1.35 bits per heavy atom. The van der Waals surface area contributed by atoms with Crippen molar-refractivity contribution in [1.82, 2.24) is 14.3 Å². The van der Waals surface area contributed by atoms with Crippen LogP contribution in [0.2, 0.25) is 0 Å². The van der Waals surface area contributed by atoms with Gasteiger partial charge in [-0.15, -0.1) is 0 Å². The van der Waals surface area contributed by atoms with Gasteiger partial charge in [0, 0.05) is 6.42 Å². The second kappa shape index (κ2) is 6.40. The number of aryl methyl sites for hydroxylation is 4. The first kappa shape index (κ1) is 15.5. The number of hydrogen-bond donors (Lipinski definition) is 0. The highest BCUT2D eigenvalue weighted by Gasteiger charge is 2.30. The van der Waals surface area contributed by atoms with E-state index in [0.717, 1.165) is 24.8 Å². The van der Waals surface area contributed by atoms with E-state index in [1.54, 1.807) is 0 Å². The highest BCUT2D eigenvalue weighted by Crippen LogP contribution is 2.22. The van der Waals surface area contributed by atoms with Gasteiger partial charge in [0.1, 0.15) is 11.9 Å². The largest absolute Gasteiger partial charge is 0.467 e. The number of benzene rings is 1. The van der Waals surface area contributed by atoms with Crippen LogP contribution in [0.5, 0.6) is 0 Å². The maximum Gasteiger partial charge on any atom is 0.346 e. The molecule has 2 aromatic rings.